The van der Waals surface area contributed by atoms with Crippen LogP contribution in [0.25, 0.3) is 6.08 Å². The average molecular weight is 259 g/mol. The van der Waals surface area contributed by atoms with Crippen LogP contribution < -0.4 is 5.73 Å². The molecule has 4 nitrogen and oxygen atoms in total. The molecule has 0 aliphatic heterocycles. The van der Waals surface area contributed by atoms with Crippen LogP contribution in [0.3, 0.4) is 0 Å². The quantitative estimate of drug-likeness (QED) is 0.906. The number of hydrogen-bond acceptors (Lipinski definition) is 4. The molecule has 1 atom stereocenters. The molecule has 4 heteroatoms. The van der Waals surface area contributed by atoms with Crippen molar-refractivity contribution in [3.8, 4) is 0 Å². The van der Waals surface area contributed by atoms with E-state index in [2.05, 4.69) is 16.8 Å². The molecule has 0 spiro atoms. The van der Waals surface area contributed by atoms with Gasteiger partial charge in [-0.3, -0.25) is 0 Å². The highest BCUT2D eigenvalue weighted by Crippen LogP contribution is 2.63. The van der Waals surface area contributed by atoms with Gasteiger partial charge in [0.2, 0.25) is 11.8 Å². The summed E-state index contributed by atoms with van der Waals surface area (Å²) >= 11 is 0. The van der Waals surface area contributed by atoms with Crippen LogP contribution in [-0.2, 0) is 0 Å². The fourth-order valence-electron chi connectivity index (χ4n) is 5.28. The lowest BCUT2D eigenvalue weighted by Crippen LogP contribution is -2.50. The summed E-state index contributed by atoms with van der Waals surface area (Å²) in [6.45, 7) is 3.66. The molecule has 1 heterocycles. The molecule has 4 fully saturated rings. The summed E-state index contributed by atoms with van der Waals surface area (Å²) in [5.74, 6) is 3.75. The molecule has 0 amide bonds. The molecule has 1 aromatic rings. The first kappa shape index (κ1) is 11.6. The van der Waals surface area contributed by atoms with Crippen LogP contribution in [0.4, 0.5) is 0 Å². The molecule has 4 saturated carbocycles. The predicted molar refractivity (Wildman–Crippen MR) is 71.9 cm³/mol. The first-order valence-corrected chi connectivity index (χ1v) is 7.40. The van der Waals surface area contributed by atoms with Gasteiger partial charge in [0.05, 0.1) is 6.04 Å². The van der Waals surface area contributed by atoms with Gasteiger partial charge < -0.3 is 10.2 Å². The number of nitrogens with two attached hydrogens (primary N) is 1. The summed E-state index contributed by atoms with van der Waals surface area (Å²) < 4.78 is 5.62. The van der Waals surface area contributed by atoms with Crippen LogP contribution in [-0.4, -0.2) is 10.2 Å². The number of nitrogens with zero attached hydrogens (tertiary/aromatic N) is 2. The monoisotopic (exact) mass is 259 g/mol. The summed E-state index contributed by atoms with van der Waals surface area (Å²) in [6, 6.07) is -0.0953. The van der Waals surface area contributed by atoms with E-state index in [1.807, 2.05) is 0 Å². The molecule has 0 radical (unpaired) electrons. The third kappa shape index (κ3) is 1.69. The van der Waals surface area contributed by atoms with Crippen molar-refractivity contribution in [2.75, 3.05) is 0 Å². The van der Waals surface area contributed by atoms with Crippen molar-refractivity contribution < 1.29 is 4.42 Å². The van der Waals surface area contributed by atoms with E-state index in [1.165, 1.54) is 38.5 Å². The maximum absolute atomic E-state index is 6.53. The Morgan fingerprint density at radius 2 is 1.74 bits per heavy atom. The van der Waals surface area contributed by atoms with Gasteiger partial charge in [-0.05, 0) is 67.8 Å². The fraction of sp³-hybridized carbons (Fsp3) is 0.733. The second kappa shape index (κ2) is 3.92. The van der Waals surface area contributed by atoms with E-state index in [1.54, 1.807) is 6.08 Å². The Bertz CT molecular complexity index is 472. The minimum absolute atomic E-state index is 0.0953. The van der Waals surface area contributed by atoms with Crippen molar-refractivity contribution >= 4 is 6.08 Å². The van der Waals surface area contributed by atoms with E-state index in [9.17, 15) is 0 Å². The molecule has 1 unspecified atom stereocenters. The van der Waals surface area contributed by atoms with Gasteiger partial charge in [-0.2, -0.15) is 0 Å². The molecule has 4 aliphatic carbocycles. The van der Waals surface area contributed by atoms with Gasteiger partial charge in [-0.25, -0.2) is 0 Å². The SMILES string of the molecule is C=Cc1nnc(C(N)C23CC4CC(CC(C4)C2)C3)o1. The molecule has 0 saturated heterocycles. The van der Waals surface area contributed by atoms with Crippen LogP contribution in [0.1, 0.15) is 56.3 Å². The Hall–Kier alpha value is -1.16. The topological polar surface area (TPSA) is 64.9 Å². The Morgan fingerprint density at radius 1 is 1.16 bits per heavy atom. The van der Waals surface area contributed by atoms with Gasteiger partial charge in [-0.1, -0.05) is 6.58 Å². The molecular formula is C15H21N3O. The highest BCUT2D eigenvalue weighted by Gasteiger charge is 2.54. The molecule has 5 rings (SSSR count). The Morgan fingerprint density at radius 3 is 2.21 bits per heavy atom. The van der Waals surface area contributed by atoms with E-state index < -0.39 is 0 Å². The smallest absolute Gasteiger partial charge is 0.240 e. The number of aromatic nitrogens is 2. The lowest BCUT2D eigenvalue weighted by Gasteiger charge is -2.58. The molecule has 0 aromatic carbocycles. The largest absolute Gasteiger partial charge is 0.420 e. The Kier molecular flexibility index (Phi) is 2.40. The van der Waals surface area contributed by atoms with Crippen LogP contribution in [0.15, 0.2) is 11.0 Å². The summed E-state index contributed by atoms with van der Waals surface area (Å²) in [5, 5.41) is 8.10. The third-order valence-corrected chi connectivity index (χ3v) is 5.64. The minimum Gasteiger partial charge on any atom is -0.420 e. The fourth-order valence-corrected chi connectivity index (χ4v) is 5.28. The van der Waals surface area contributed by atoms with Crippen LogP contribution >= 0.6 is 0 Å². The van der Waals surface area contributed by atoms with Gasteiger partial charge in [0.1, 0.15) is 0 Å². The van der Waals surface area contributed by atoms with Crippen molar-refractivity contribution in [3.05, 3.63) is 18.4 Å². The molecule has 4 bridgehead atoms. The molecule has 1 aromatic heterocycles. The zero-order chi connectivity index (χ0) is 13.0. The minimum atomic E-state index is -0.0953. The van der Waals surface area contributed by atoms with E-state index in [4.69, 9.17) is 10.2 Å². The van der Waals surface area contributed by atoms with E-state index in [0.717, 1.165) is 17.8 Å². The van der Waals surface area contributed by atoms with E-state index in [-0.39, 0.29) is 11.5 Å². The van der Waals surface area contributed by atoms with Gasteiger partial charge in [-0.15, -0.1) is 10.2 Å². The normalized spacial score (nSPS) is 41.4. The predicted octanol–water partition coefficient (Wildman–Crippen LogP) is 2.93. The summed E-state index contributed by atoms with van der Waals surface area (Å²) in [4.78, 5) is 0. The summed E-state index contributed by atoms with van der Waals surface area (Å²) in [5.41, 5.74) is 6.75. The molecule has 2 N–H and O–H groups in total. The standard InChI is InChI=1S/C15H21N3O/c1-2-12-17-18-14(19-12)13(16)15-6-9-3-10(7-15)5-11(4-9)8-15/h2,9-11,13H,1,3-8,16H2. The van der Waals surface area contributed by atoms with Gasteiger partial charge in [0.25, 0.3) is 0 Å². The van der Waals surface area contributed by atoms with Crippen LogP contribution in [0.5, 0.6) is 0 Å². The third-order valence-electron chi connectivity index (χ3n) is 5.64. The highest BCUT2D eigenvalue weighted by atomic mass is 16.4. The average Bonchev–Trinajstić information content (AvgIpc) is 2.84. The first-order valence-electron chi connectivity index (χ1n) is 7.40. The molecule has 19 heavy (non-hydrogen) atoms. The summed E-state index contributed by atoms with van der Waals surface area (Å²) in [7, 11) is 0. The zero-order valence-corrected chi connectivity index (χ0v) is 11.2. The number of rotatable bonds is 3. The number of hydrogen-bond donors (Lipinski definition) is 1. The van der Waals surface area contributed by atoms with E-state index >= 15 is 0 Å². The maximum atomic E-state index is 6.53. The van der Waals surface area contributed by atoms with Crippen molar-refractivity contribution in [3.63, 3.8) is 0 Å². The van der Waals surface area contributed by atoms with Gasteiger partial charge in [0.15, 0.2) is 0 Å². The van der Waals surface area contributed by atoms with Crippen molar-refractivity contribution in [1.29, 1.82) is 0 Å². The second-order valence-corrected chi connectivity index (χ2v) is 6.94. The van der Waals surface area contributed by atoms with Gasteiger partial charge >= 0.3 is 0 Å². The molecule has 102 valence electrons. The Balaban J connectivity index is 1.65. The van der Waals surface area contributed by atoms with E-state index in [0.29, 0.717) is 11.8 Å². The first-order chi connectivity index (χ1) is 9.18. The second-order valence-electron chi connectivity index (χ2n) is 6.94. The van der Waals surface area contributed by atoms with Crippen molar-refractivity contribution in [2.24, 2.45) is 28.9 Å². The van der Waals surface area contributed by atoms with Crippen LogP contribution in [0.2, 0.25) is 0 Å². The van der Waals surface area contributed by atoms with Crippen LogP contribution in [0, 0.1) is 23.2 Å². The molecular weight excluding hydrogens is 238 g/mol. The van der Waals surface area contributed by atoms with Gasteiger partial charge in [0, 0.05) is 0 Å². The summed E-state index contributed by atoms with van der Waals surface area (Å²) in [6.07, 6.45) is 9.63. The Labute approximate surface area is 113 Å². The lowest BCUT2D eigenvalue weighted by atomic mass is 9.48. The molecule has 4 aliphatic rings. The van der Waals surface area contributed by atoms with Crippen molar-refractivity contribution in [2.45, 2.75) is 44.6 Å². The highest BCUT2D eigenvalue weighted by molar-refractivity contribution is 5.32. The van der Waals surface area contributed by atoms with Crippen molar-refractivity contribution in [1.82, 2.24) is 10.2 Å². The lowest BCUT2D eigenvalue weighted by molar-refractivity contribution is -0.0718. The zero-order valence-electron chi connectivity index (χ0n) is 11.2. The maximum Gasteiger partial charge on any atom is 0.240 e.